The van der Waals surface area contributed by atoms with Gasteiger partial charge in [0.05, 0.1) is 0 Å². The molecule has 0 N–H and O–H groups in total. The van der Waals surface area contributed by atoms with Crippen molar-refractivity contribution in [2.45, 2.75) is 27.2 Å². The Bertz CT molecular complexity index is 600. The van der Waals surface area contributed by atoms with Gasteiger partial charge in [-0.3, -0.25) is 4.79 Å². The molecule has 0 heterocycles. The molecule has 2 heteroatoms. The Morgan fingerprint density at radius 2 is 1.57 bits per heavy atom. The molecule has 0 aliphatic heterocycles. The van der Waals surface area contributed by atoms with E-state index in [9.17, 15) is 4.79 Å². The highest BCUT2D eigenvalue weighted by Crippen LogP contribution is 2.34. The van der Waals surface area contributed by atoms with Crippen molar-refractivity contribution in [3.05, 3.63) is 54.1 Å². The van der Waals surface area contributed by atoms with Crippen LogP contribution in [0, 0.1) is 0 Å². The van der Waals surface area contributed by atoms with Gasteiger partial charge in [0.25, 0.3) is 0 Å². The van der Waals surface area contributed by atoms with Gasteiger partial charge >= 0.3 is 0 Å². The molecule has 0 spiro atoms. The van der Waals surface area contributed by atoms with Gasteiger partial charge in [-0.2, -0.15) is 0 Å². The van der Waals surface area contributed by atoms with E-state index in [-0.39, 0.29) is 5.78 Å². The van der Waals surface area contributed by atoms with Gasteiger partial charge in [-0.25, -0.2) is 0 Å². The number of ketones is 1. The summed E-state index contributed by atoms with van der Waals surface area (Å²) < 4.78 is 0. The predicted molar refractivity (Wildman–Crippen MR) is 90.1 cm³/mol. The molecular formula is C19H23NO. The molecule has 0 fully saturated rings. The molecule has 110 valence electrons. The summed E-state index contributed by atoms with van der Waals surface area (Å²) in [5.41, 5.74) is 4.14. The van der Waals surface area contributed by atoms with Crippen molar-refractivity contribution in [1.82, 2.24) is 0 Å². The number of carbonyl (C=O) groups is 1. The fourth-order valence-electron chi connectivity index (χ4n) is 2.70. The summed E-state index contributed by atoms with van der Waals surface area (Å²) in [4.78, 5) is 14.6. The van der Waals surface area contributed by atoms with Gasteiger partial charge in [-0.05, 0) is 25.5 Å². The Labute approximate surface area is 127 Å². The quantitative estimate of drug-likeness (QED) is 0.709. The molecule has 0 aliphatic rings. The molecule has 0 bridgehead atoms. The van der Waals surface area contributed by atoms with E-state index in [0.29, 0.717) is 6.42 Å². The summed E-state index contributed by atoms with van der Waals surface area (Å²) in [6, 6.07) is 16.3. The average Bonchev–Trinajstić information content (AvgIpc) is 2.56. The summed E-state index contributed by atoms with van der Waals surface area (Å²) in [6.07, 6.45) is 0.529. The first-order chi connectivity index (χ1) is 10.2. The summed E-state index contributed by atoms with van der Waals surface area (Å²) in [7, 11) is 0. The maximum absolute atomic E-state index is 12.3. The van der Waals surface area contributed by atoms with E-state index in [2.05, 4.69) is 36.9 Å². The highest BCUT2D eigenvalue weighted by atomic mass is 16.1. The van der Waals surface area contributed by atoms with Crippen LogP contribution in [0.1, 0.15) is 37.6 Å². The van der Waals surface area contributed by atoms with E-state index >= 15 is 0 Å². The molecule has 0 radical (unpaired) electrons. The molecule has 2 aromatic rings. The number of hydrogen-bond acceptors (Lipinski definition) is 2. The van der Waals surface area contributed by atoms with Crippen LogP contribution in [0.3, 0.4) is 0 Å². The minimum atomic E-state index is 0.197. The lowest BCUT2D eigenvalue weighted by Gasteiger charge is -2.25. The molecule has 0 aromatic heterocycles. The summed E-state index contributed by atoms with van der Waals surface area (Å²) in [5.74, 6) is 0.197. The van der Waals surface area contributed by atoms with E-state index in [1.54, 1.807) is 0 Å². The first-order valence-electron chi connectivity index (χ1n) is 7.69. The van der Waals surface area contributed by atoms with Gasteiger partial charge in [-0.1, -0.05) is 49.4 Å². The van der Waals surface area contributed by atoms with Gasteiger partial charge in [0.2, 0.25) is 0 Å². The predicted octanol–water partition coefficient (Wildman–Crippen LogP) is 4.79. The highest BCUT2D eigenvalue weighted by molar-refractivity contribution is 6.05. The van der Waals surface area contributed by atoms with E-state index in [0.717, 1.165) is 35.5 Å². The molecule has 2 nitrogen and oxygen atoms in total. The van der Waals surface area contributed by atoms with Gasteiger partial charge in [0.15, 0.2) is 5.78 Å². The third-order valence-electron chi connectivity index (χ3n) is 3.83. The standard InChI is InChI=1S/C19H23NO/c1-4-18(21)16-13-10-14-17(20(5-2)6-3)19(16)15-11-8-7-9-12-15/h7-14H,4-6H2,1-3H3. The fourth-order valence-corrected chi connectivity index (χ4v) is 2.70. The van der Waals surface area contributed by atoms with Crippen molar-refractivity contribution in [1.29, 1.82) is 0 Å². The Morgan fingerprint density at radius 1 is 0.905 bits per heavy atom. The molecule has 0 aliphatic carbocycles. The number of rotatable bonds is 6. The van der Waals surface area contributed by atoms with Crippen LogP contribution >= 0.6 is 0 Å². The van der Waals surface area contributed by atoms with Crippen LogP contribution in [0.5, 0.6) is 0 Å². The zero-order valence-electron chi connectivity index (χ0n) is 13.1. The van der Waals surface area contributed by atoms with Gasteiger partial charge < -0.3 is 4.90 Å². The lowest BCUT2D eigenvalue weighted by molar-refractivity contribution is 0.0989. The zero-order chi connectivity index (χ0) is 15.2. The summed E-state index contributed by atoms with van der Waals surface area (Å²) in [5, 5.41) is 0. The normalized spacial score (nSPS) is 10.4. The van der Waals surface area contributed by atoms with Crippen LogP contribution in [0.15, 0.2) is 48.5 Å². The van der Waals surface area contributed by atoms with Crippen molar-refractivity contribution in [2.75, 3.05) is 18.0 Å². The molecule has 0 atom stereocenters. The van der Waals surface area contributed by atoms with Crippen molar-refractivity contribution < 1.29 is 4.79 Å². The fraction of sp³-hybridized carbons (Fsp3) is 0.316. The van der Waals surface area contributed by atoms with Crippen molar-refractivity contribution >= 4 is 11.5 Å². The highest BCUT2D eigenvalue weighted by Gasteiger charge is 2.17. The first kappa shape index (κ1) is 15.3. The maximum atomic E-state index is 12.3. The molecule has 21 heavy (non-hydrogen) atoms. The Balaban J connectivity index is 2.69. The van der Waals surface area contributed by atoms with E-state index in [4.69, 9.17) is 0 Å². The SMILES string of the molecule is CCC(=O)c1cccc(N(CC)CC)c1-c1ccccc1. The zero-order valence-corrected chi connectivity index (χ0v) is 13.1. The number of Topliss-reactive ketones (excluding diaryl/α,β-unsaturated/α-hetero) is 1. The second kappa shape index (κ2) is 7.07. The van der Waals surface area contributed by atoms with E-state index < -0.39 is 0 Å². The molecule has 0 amide bonds. The van der Waals surface area contributed by atoms with E-state index in [1.165, 1.54) is 0 Å². The van der Waals surface area contributed by atoms with E-state index in [1.807, 2.05) is 37.3 Å². The number of nitrogens with zero attached hydrogens (tertiary/aromatic N) is 1. The van der Waals surface area contributed by atoms with Crippen molar-refractivity contribution in [3.8, 4) is 11.1 Å². The molecule has 2 aromatic carbocycles. The minimum absolute atomic E-state index is 0.197. The van der Waals surface area contributed by atoms with Crippen LogP contribution in [-0.2, 0) is 0 Å². The van der Waals surface area contributed by atoms with Gasteiger partial charge in [0.1, 0.15) is 0 Å². The number of carbonyl (C=O) groups excluding carboxylic acids is 1. The van der Waals surface area contributed by atoms with Crippen LogP contribution in [0.25, 0.3) is 11.1 Å². The number of anilines is 1. The molecule has 2 rings (SSSR count). The molecular weight excluding hydrogens is 258 g/mol. The largest absolute Gasteiger partial charge is 0.372 e. The van der Waals surface area contributed by atoms with Crippen LogP contribution in [-0.4, -0.2) is 18.9 Å². The minimum Gasteiger partial charge on any atom is -0.372 e. The summed E-state index contributed by atoms with van der Waals surface area (Å²) in [6.45, 7) is 8.07. The molecule has 0 saturated carbocycles. The second-order valence-corrected chi connectivity index (χ2v) is 5.01. The maximum Gasteiger partial charge on any atom is 0.163 e. The van der Waals surface area contributed by atoms with Crippen LogP contribution < -0.4 is 4.90 Å². The van der Waals surface area contributed by atoms with Crippen LogP contribution in [0.2, 0.25) is 0 Å². The van der Waals surface area contributed by atoms with Gasteiger partial charge in [-0.15, -0.1) is 0 Å². The topological polar surface area (TPSA) is 20.3 Å². The van der Waals surface area contributed by atoms with Gasteiger partial charge in [0, 0.05) is 36.3 Å². The Morgan fingerprint density at radius 3 is 2.14 bits per heavy atom. The lowest BCUT2D eigenvalue weighted by Crippen LogP contribution is -2.23. The third kappa shape index (κ3) is 3.15. The Kier molecular flexibility index (Phi) is 5.15. The van der Waals surface area contributed by atoms with Crippen LogP contribution in [0.4, 0.5) is 5.69 Å². The second-order valence-electron chi connectivity index (χ2n) is 5.01. The smallest absolute Gasteiger partial charge is 0.163 e. The Hall–Kier alpha value is -2.09. The number of hydrogen-bond donors (Lipinski definition) is 0. The third-order valence-corrected chi connectivity index (χ3v) is 3.83. The molecule has 0 unspecified atom stereocenters. The number of benzene rings is 2. The van der Waals surface area contributed by atoms with Crippen molar-refractivity contribution in [2.24, 2.45) is 0 Å². The van der Waals surface area contributed by atoms with Crippen molar-refractivity contribution in [3.63, 3.8) is 0 Å². The monoisotopic (exact) mass is 281 g/mol. The average molecular weight is 281 g/mol. The summed E-state index contributed by atoms with van der Waals surface area (Å²) >= 11 is 0. The lowest BCUT2D eigenvalue weighted by atomic mass is 9.93. The molecule has 0 saturated heterocycles. The first-order valence-corrected chi connectivity index (χ1v) is 7.69.